The van der Waals surface area contributed by atoms with Crippen LogP contribution in [-0.2, 0) is 41.6 Å². The van der Waals surface area contributed by atoms with Crippen molar-refractivity contribution < 1.29 is 28.8 Å². The molecule has 0 unspecified atom stereocenters. The summed E-state index contributed by atoms with van der Waals surface area (Å²) < 4.78 is 0. The molecule has 1 aliphatic rings. The van der Waals surface area contributed by atoms with Crippen molar-refractivity contribution in [2.24, 2.45) is 17.6 Å². The van der Waals surface area contributed by atoms with Crippen LogP contribution in [-0.4, -0.2) is 83.2 Å². The SMILES string of the molecule is CC(C)C[C@@H]1N[C@@H](C)[C@H](CC(C)C)NC(=O)CNC(=O)[C@H](Cc2ccccc2)NC(=O)[C@H](Cc2c[nH]c3ccccc23)NC(=O)[C@H](CCC(N)=O)NC1=O. The van der Waals surface area contributed by atoms with Crippen molar-refractivity contribution in [3.63, 3.8) is 0 Å². The lowest BCUT2D eigenvalue weighted by Crippen LogP contribution is -2.61. The highest BCUT2D eigenvalue weighted by atomic mass is 16.2. The molecule has 292 valence electrons. The highest BCUT2D eigenvalue weighted by Crippen LogP contribution is 2.20. The van der Waals surface area contributed by atoms with Gasteiger partial charge in [0.05, 0.1) is 12.6 Å². The van der Waals surface area contributed by atoms with E-state index in [0.29, 0.717) is 12.8 Å². The minimum Gasteiger partial charge on any atom is -0.370 e. The third kappa shape index (κ3) is 12.4. The molecule has 1 aliphatic heterocycles. The lowest BCUT2D eigenvalue weighted by atomic mass is 9.95. The van der Waals surface area contributed by atoms with Crippen LogP contribution in [0.2, 0.25) is 0 Å². The van der Waals surface area contributed by atoms with Crippen LogP contribution in [0.15, 0.2) is 60.8 Å². The van der Waals surface area contributed by atoms with Gasteiger partial charge in [-0.3, -0.25) is 28.8 Å². The predicted molar refractivity (Wildman–Crippen MR) is 207 cm³/mol. The summed E-state index contributed by atoms with van der Waals surface area (Å²) in [5.74, 6) is -3.19. The Morgan fingerprint density at radius 1 is 0.722 bits per heavy atom. The molecule has 1 aromatic heterocycles. The van der Waals surface area contributed by atoms with Crippen LogP contribution in [0.1, 0.15) is 71.4 Å². The van der Waals surface area contributed by atoms with Crippen molar-refractivity contribution in [3.8, 4) is 0 Å². The molecule has 3 aromatic rings. The van der Waals surface area contributed by atoms with Gasteiger partial charge in [-0.2, -0.15) is 0 Å². The molecule has 6 amide bonds. The Balaban J connectivity index is 1.75. The van der Waals surface area contributed by atoms with Gasteiger partial charge in [0, 0.05) is 48.4 Å². The number of fused-ring (bicyclic) bond motifs is 1. The lowest BCUT2D eigenvalue weighted by Gasteiger charge is -2.32. The zero-order valence-corrected chi connectivity index (χ0v) is 31.9. The number of amides is 6. The summed E-state index contributed by atoms with van der Waals surface area (Å²) in [5.41, 5.74) is 7.82. The van der Waals surface area contributed by atoms with Crippen molar-refractivity contribution >= 4 is 46.3 Å². The van der Waals surface area contributed by atoms with Crippen molar-refractivity contribution in [3.05, 3.63) is 71.9 Å². The van der Waals surface area contributed by atoms with Crippen molar-refractivity contribution in [1.82, 2.24) is 36.9 Å². The Labute approximate surface area is 316 Å². The van der Waals surface area contributed by atoms with Gasteiger partial charge in [0.15, 0.2) is 0 Å². The van der Waals surface area contributed by atoms with Gasteiger partial charge in [0.2, 0.25) is 35.4 Å². The number of para-hydroxylation sites is 1. The second kappa shape index (κ2) is 19.7. The lowest BCUT2D eigenvalue weighted by molar-refractivity contribution is -0.134. The summed E-state index contributed by atoms with van der Waals surface area (Å²) in [6, 6.07) is 11.6. The smallest absolute Gasteiger partial charge is 0.243 e. The second-order valence-corrected chi connectivity index (χ2v) is 15.1. The van der Waals surface area contributed by atoms with E-state index in [0.717, 1.165) is 22.0 Å². The molecule has 1 saturated heterocycles. The van der Waals surface area contributed by atoms with Crippen LogP contribution in [0, 0.1) is 11.8 Å². The number of primary amides is 1. The van der Waals surface area contributed by atoms with E-state index in [9.17, 15) is 28.8 Å². The summed E-state index contributed by atoms with van der Waals surface area (Å²) in [7, 11) is 0. The molecule has 1 fully saturated rings. The summed E-state index contributed by atoms with van der Waals surface area (Å²) in [5, 5.41) is 18.4. The first kappa shape index (κ1) is 41.5. The van der Waals surface area contributed by atoms with E-state index in [4.69, 9.17) is 5.73 Å². The molecule has 54 heavy (non-hydrogen) atoms. The number of benzene rings is 2. The molecule has 0 saturated carbocycles. The molecule has 0 radical (unpaired) electrons. The number of rotatable bonds is 11. The number of carbonyl (C=O) groups excluding carboxylic acids is 6. The van der Waals surface area contributed by atoms with Crippen molar-refractivity contribution in [1.29, 1.82) is 0 Å². The Bertz CT molecular complexity index is 1760. The minimum absolute atomic E-state index is 0.0342. The van der Waals surface area contributed by atoms with Crippen LogP contribution in [0.3, 0.4) is 0 Å². The van der Waals surface area contributed by atoms with E-state index in [1.54, 1.807) is 6.20 Å². The van der Waals surface area contributed by atoms with Gasteiger partial charge in [-0.05, 0) is 55.2 Å². The minimum atomic E-state index is -1.22. The van der Waals surface area contributed by atoms with Crippen LogP contribution in [0.5, 0.6) is 0 Å². The molecule has 6 atom stereocenters. The monoisotopic (exact) mass is 744 g/mol. The molecule has 4 rings (SSSR count). The van der Waals surface area contributed by atoms with Gasteiger partial charge >= 0.3 is 0 Å². The first-order chi connectivity index (χ1) is 25.7. The van der Waals surface area contributed by atoms with Gasteiger partial charge < -0.3 is 42.6 Å². The molecule has 2 heterocycles. The Kier molecular flexibility index (Phi) is 15.2. The van der Waals surface area contributed by atoms with Gasteiger partial charge in [0.1, 0.15) is 18.1 Å². The van der Waals surface area contributed by atoms with Crippen molar-refractivity contribution in [2.75, 3.05) is 6.54 Å². The van der Waals surface area contributed by atoms with E-state index < -0.39 is 65.7 Å². The van der Waals surface area contributed by atoms with E-state index in [1.165, 1.54) is 0 Å². The average molecular weight is 745 g/mol. The number of hydrogen-bond donors (Lipinski definition) is 8. The maximum absolute atomic E-state index is 14.3. The van der Waals surface area contributed by atoms with E-state index in [2.05, 4.69) is 36.9 Å². The van der Waals surface area contributed by atoms with Crippen LogP contribution in [0.25, 0.3) is 10.9 Å². The van der Waals surface area contributed by atoms with Gasteiger partial charge in [0.25, 0.3) is 0 Å². The number of aromatic amines is 1. The summed E-state index contributed by atoms with van der Waals surface area (Å²) in [6.07, 6.45) is 2.59. The zero-order valence-electron chi connectivity index (χ0n) is 31.9. The van der Waals surface area contributed by atoms with Gasteiger partial charge in [-0.1, -0.05) is 76.2 Å². The number of carbonyl (C=O) groups is 6. The highest BCUT2D eigenvalue weighted by Gasteiger charge is 2.34. The van der Waals surface area contributed by atoms with Gasteiger partial charge in [-0.15, -0.1) is 0 Å². The Morgan fingerprint density at radius 3 is 1.98 bits per heavy atom. The first-order valence-electron chi connectivity index (χ1n) is 18.8. The summed E-state index contributed by atoms with van der Waals surface area (Å²) in [4.78, 5) is 84.6. The van der Waals surface area contributed by atoms with E-state index in [1.807, 2.05) is 89.2 Å². The number of hydrogen-bond acceptors (Lipinski definition) is 7. The number of nitrogens with one attached hydrogen (secondary N) is 7. The highest BCUT2D eigenvalue weighted by molar-refractivity contribution is 5.96. The van der Waals surface area contributed by atoms with Crippen LogP contribution >= 0.6 is 0 Å². The quantitative estimate of drug-likeness (QED) is 0.145. The maximum Gasteiger partial charge on any atom is 0.243 e. The fraction of sp³-hybridized carbons (Fsp3) is 0.500. The average Bonchev–Trinajstić information content (AvgIpc) is 3.53. The number of nitrogens with two attached hydrogens (primary N) is 1. The maximum atomic E-state index is 14.3. The van der Waals surface area contributed by atoms with Crippen LogP contribution in [0.4, 0.5) is 0 Å². The molecular weight excluding hydrogens is 688 g/mol. The number of aromatic nitrogens is 1. The first-order valence-corrected chi connectivity index (χ1v) is 18.8. The van der Waals surface area contributed by atoms with Crippen LogP contribution < -0.4 is 37.6 Å². The topological polar surface area (TPSA) is 216 Å². The molecule has 2 aromatic carbocycles. The van der Waals surface area contributed by atoms with Gasteiger partial charge in [-0.25, -0.2) is 0 Å². The second-order valence-electron chi connectivity index (χ2n) is 15.1. The molecule has 0 bridgehead atoms. The Hall–Kier alpha value is -5.24. The third-order valence-electron chi connectivity index (χ3n) is 9.55. The molecule has 9 N–H and O–H groups in total. The molecule has 14 nitrogen and oxygen atoms in total. The van der Waals surface area contributed by atoms with E-state index in [-0.39, 0.29) is 50.1 Å². The summed E-state index contributed by atoms with van der Waals surface area (Å²) >= 11 is 0. The summed E-state index contributed by atoms with van der Waals surface area (Å²) in [6.45, 7) is 9.52. The Morgan fingerprint density at radius 2 is 1.31 bits per heavy atom. The van der Waals surface area contributed by atoms with Crippen molar-refractivity contribution in [2.45, 2.75) is 109 Å². The fourth-order valence-corrected chi connectivity index (χ4v) is 6.76. The molecule has 14 heteroatoms. The largest absolute Gasteiger partial charge is 0.370 e. The third-order valence-corrected chi connectivity index (χ3v) is 9.55. The molecular formula is C40H56N8O6. The molecule has 0 spiro atoms. The normalized spacial score (nSPS) is 23.9. The van der Waals surface area contributed by atoms with E-state index >= 15 is 0 Å². The fourth-order valence-electron chi connectivity index (χ4n) is 6.76. The predicted octanol–water partition coefficient (Wildman–Crippen LogP) is 1.73. The molecule has 0 aliphatic carbocycles. The number of H-pyrrole nitrogens is 1. The zero-order chi connectivity index (χ0) is 39.4. The standard InChI is InChI=1S/C40H56N8O6/c1-23(2)17-31-25(5)44-32(18-24(3)4)39(53)46-30(15-16-35(41)49)38(52)48-34(20-27-21-42-29-14-10-9-13-28(27)29)40(54)47-33(19-26-11-7-6-8-12-26)37(51)43-22-36(50)45-31/h6-14,21,23-25,30-34,42,44H,15-20,22H2,1-5H3,(H2,41,49)(H,43,51)(H,45,50)(H,46,53)(H,47,54)(H,48,52)/t25-,30-,31-,32-,33-,34-/m0/s1.